The van der Waals surface area contributed by atoms with Gasteiger partial charge in [-0.1, -0.05) is 19.9 Å². The summed E-state index contributed by atoms with van der Waals surface area (Å²) in [5.41, 5.74) is 1.35. The molecule has 1 aromatic carbocycles. The lowest BCUT2D eigenvalue weighted by Crippen LogP contribution is -2.33. The number of benzene rings is 1. The number of hydrogen-bond donors (Lipinski definition) is 1. The molecule has 1 aliphatic rings. The molecule has 0 aliphatic carbocycles. The molecule has 118 valence electrons. The average Bonchev–Trinajstić information content (AvgIpc) is 2.76. The molecule has 0 saturated carbocycles. The van der Waals surface area contributed by atoms with Crippen LogP contribution in [0.5, 0.6) is 0 Å². The summed E-state index contributed by atoms with van der Waals surface area (Å²) < 4.78 is 37.3. The number of rotatable bonds is 5. The second-order valence-corrected chi connectivity index (χ2v) is 8.22. The fourth-order valence-corrected chi connectivity index (χ4v) is 4.32. The van der Waals surface area contributed by atoms with Crippen LogP contribution in [0, 0.1) is 5.82 Å². The van der Waals surface area contributed by atoms with Crippen molar-refractivity contribution in [3.8, 4) is 0 Å². The van der Waals surface area contributed by atoms with E-state index in [1.807, 2.05) is 19.9 Å². The lowest BCUT2D eigenvalue weighted by Gasteiger charge is -2.26. The predicted molar refractivity (Wildman–Crippen MR) is 83.8 cm³/mol. The molecule has 0 bridgehead atoms. The van der Waals surface area contributed by atoms with Crippen LogP contribution in [0.4, 0.5) is 10.1 Å². The topological polar surface area (TPSA) is 49.4 Å². The number of anilines is 1. The van der Waals surface area contributed by atoms with Crippen molar-refractivity contribution < 1.29 is 12.8 Å². The Hall–Kier alpha value is -1.14. The van der Waals surface area contributed by atoms with Crippen LogP contribution in [-0.2, 0) is 16.4 Å². The van der Waals surface area contributed by atoms with Gasteiger partial charge in [0.25, 0.3) is 0 Å². The molecule has 1 heterocycles. The number of halogens is 1. The van der Waals surface area contributed by atoms with Crippen LogP contribution in [0.1, 0.15) is 25.8 Å². The monoisotopic (exact) mass is 314 g/mol. The van der Waals surface area contributed by atoms with Gasteiger partial charge in [-0.2, -0.15) is 0 Å². The summed E-state index contributed by atoms with van der Waals surface area (Å²) in [5, 5.41) is 3.24. The van der Waals surface area contributed by atoms with Crippen LogP contribution in [0.15, 0.2) is 18.2 Å². The van der Waals surface area contributed by atoms with Crippen molar-refractivity contribution in [1.29, 1.82) is 0 Å². The molecule has 1 aromatic rings. The Kier molecular flexibility index (Phi) is 4.88. The molecular weight excluding hydrogens is 291 g/mol. The van der Waals surface area contributed by atoms with Gasteiger partial charge < -0.3 is 10.2 Å². The summed E-state index contributed by atoms with van der Waals surface area (Å²) in [5.74, 6) is 0.00411. The third-order valence-corrected chi connectivity index (χ3v) is 5.61. The molecule has 2 rings (SSSR count). The van der Waals surface area contributed by atoms with Crippen LogP contribution in [-0.4, -0.2) is 39.1 Å². The van der Waals surface area contributed by atoms with Gasteiger partial charge in [-0.05, 0) is 24.1 Å². The number of sulfone groups is 1. The Labute approximate surface area is 126 Å². The molecule has 1 aliphatic heterocycles. The van der Waals surface area contributed by atoms with Crippen molar-refractivity contribution >= 4 is 15.5 Å². The van der Waals surface area contributed by atoms with Gasteiger partial charge in [-0.3, -0.25) is 0 Å². The summed E-state index contributed by atoms with van der Waals surface area (Å²) in [4.78, 5) is 1.75. The molecule has 0 spiro atoms. The second-order valence-electron chi connectivity index (χ2n) is 5.99. The van der Waals surface area contributed by atoms with Crippen molar-refractivity contribution in [3.63, 3.8) is 0 Å². The van der Waals surface area contributed by atoms with Crippen LogP contribution < -0.4 is 10.2 Å². The molecular formula is C15H23FN2O2S. The first kappa shape index (κ1) is 16.2. The molecule has 1 saturated heterocycles. The van der Waals surface area contributed by atoms with Gasteiger partial charge in [0.05, 0.1) is 17.2 Å². The zero-order valence-electron chi connectivity index (χ0n) is 12.8. The van der Waals surface area contributed by atoms with E-state index in [0.29, 0.717) is 24.7 Å². The van der Waals surface area contributed by atoms with Crippen molar-refractivity contribution in [1.82, 2.24) is 5.32 Å². The zero-order valence-corrected chi connectivity index (χ0v) is 13.6. The first-order chi connectivity index (χ1) is 9.78. The van der Waals surface area contributed by atoms with Gasteiger partial charge in [0.15, 0.2) is 9.84 Å². The highest BCUT2D eigenvalue weighted by atomic mass is 32.2. The lowest BCUT2D eigenvalue weighted by molar-refractivity contribution is 0.578. The zero-order chi connectivity index (χ0) is 15.6. The summed E-state index contributed by atoms with van der Waals surface area (Å²) in [6.07, 6.45) is 0.564. The molecule has 1 N–H and O–H groups in total. The van der Waals surface area contributed by atoms with Crippen LogP contribution in [0.25, 0.3) is 0 Å². The van der Waals surface area contributed by atoms with E-state index in [2.05, 4.69) is 5.32 Å². The smallest absolute Gasteiger partial charge is 0.152 e. The van der Waals surface area contributed by atoms with Gasteiger partial charge in [0.1, 0.15) is 5.82 Å². The number of nitrogens with one attached hydrogen (secondary N) is 1. The van der Waals surface area contributed by atoms with Crippen LogP contribution in [0.3, 0.4) is 0 Å². The quantitative estimate of drug-likeness (QED) is 0.902. The standard InChI is InChI=1S/C15H23FN2O2S/c1-11(2)17-9-12-4-5-15(14(16)8-12)18(3)13-6-7-21(19,20)10-13/h4-5,8,11,13,17H,6-7,9-10H2,1-3H3. The largest absolute Gasteiger partial charge is 0.368 e. The third-order valence-electron chi connectivity index (χ3n) is 3.86. The Balaban J connectivity index is 2.10. The van der Waals surface area contributed by atoms with E-state index in [-0.39, 0.29) is 23.4 Å². The lowest BCUT2D eigenvalue weighted by atomic mass is 10.1. The summed E-state index contributed by atoms with van der Waals surface area (Å²) in [6.45, 7) is 4.70. The number of hydrogen-bond acceptors (Lipinski definition) is 4. The minimum absolute atomic E-state index is 0.111. The minimum Gasteiger partial charge on any atom is -0.368 e. The van der Waals surface area contributed by atoms with E-state index >= 15 is 0 Å². The van der Waals surface area contributed by atoms with E-state index in [1.165, 1.54) is 6.07 Å². The fourth-order valence-electron chi connectivity index (χ4n) is 2.55. The van der Waals surface area contributed by atoms with Crippen molar-refractivity contribution in [2.75, 3.05) is 23.5 Å². The van der Waals surface area contributed by atoms with E-state index < -0.39 is 9.84 Å². The van der Waals surface area contributed by atoms with Crippen LogP contribution >= 0.6 is 0 Å². The highest BCUT2D eigenvalue weighted by Crippen LogP contribution is 2.26. The van der Waals surface area contributed by atoms with Gasteiger partial charge in [-0.15, -0.1) is 0 Å². The molecule has 1 fully saturated rings. The molecule has 4 nitrogen and oxygen atoms in total. The molecule has 1 atom stereocenters. The normalized spacial score (nSPS) is 20.9. The Morgan fingerprint density at radius 2 is 2.14 bits per heavy atom. The van der Waals surface area contributed by atoms with Gasteiger partial charge in [0, 0.05) is 25.7 Å². The van der Waals surface area contributed by atoms with Crippen molar-refractivity contribution in [2.45, 2.75) is 38.9 Å². The maximum Gasteiger partial charge on any atom is 0.152 e. The molecule has 6 heteroatoms. The molecule has 0 radical (unpaired) electrons. The van der Waals surface area contributed by atoms with E-state index in [4.69, 9.17) is 0 Å². The maximum atomic E-state index is 14.3. The molecule has 1 unspecified atom stereocenters. The van der Waals surface area contributed by atoms with Gasteiger partial charge in [0.2, 0.25) is 0 Å². The second kappa shape index (κ2) is 6.32. The third kappa shape index (κ3) is 4.17. The van der Waals surface area contributed by atoms with Crippen molar-refractivity contribution in [2.24, 2.45) is 0 Å². The first-order valence-corrected chi connectivity index (χ1v) is 9.06. The van der Waals surface area contributed by atoms with Gasteiger partial charge >= 0.3 is 0 Å². The predicted octanol–water partition coefficient (Wildman–Crippen LogP) is 1.95. The molecule has 21 heavy (non-hydrogen) atoms. The summed E-state index contributed by atoms with van der Waals surface area (Å²) in [6, 6.07) is 5.35. The SMILES string of the molecule is CC(C)NCc1ccc(N(C)C2CCS(=O)(=O)C2)c(F)c1. The first-order valence-electron chi connectivity index (χ1n) is 7.23. The minimum atomic E-state index is -2.96. The van der Waals surface area contributed by atoms with E-state index in [1.54, 1.807) is 18.0 Å². The number of nitrogens with zero attached hydrogens (tertiary/aromatic N) is 1. The Bertz CT molecular complexity index is 602. The fraction of sp³-hybridized carbons (Fsp3) is 0.600. The van der Waals surface area contributed by atoms with E-state index in [9.17, 15) is 12.8 Å². The highest BCUT2D eigenvalue weighted by Gasteiger charge is 2.31. The Morgan fingerprint density at radius 3 is 2.67 bits per heavy atom. The highest BCUT2D eigenvalue weighted by molar-refractivity contribution is 7.91. The maximum absolute atomic E-state index is 14.3. The van der Waals surface area contributed by atoms with Crippen LogP contribution in [0.2, 0.25) is 0 Å². The molecule has 0 amide bonds. The van der Waals surface area contributed by atoms with Gasteiger partial charge in [-0.25, -0.2) is 12.8 Å². The summed E-state index contributed by atoms with van der Waals surface area (Å²) >= 11 is 0. The Morgan fingerprint density at radius 1 is 1.43 bits per heavy atom. The van der Waals surface area contributed by atoms with Crippen molar-refractivity contribution in [3.05, 3.63) is 29.6 Å². The average molecular weight is 314 g/mol. The van der Waals surface area contributed by atoms with E-state index in [0.717, 1.165) is 5.56 Å². The summed E-state index contributed by atoms with van der Waals surface area (Å²) in [7, 11) is -1.20. The molecule has 0 aromatic heterocycles.